The molecule has 1 amide bonds. The van der Waals surface area contributed by atoms with Crippen molar-refractivity contribution in [2.75, 3.05) is 6.54 Å². The maximum Gasteiger partial charge on any atom is 0.223 e. The van der Waals surface area contributed by atoms with Crippen LogP contribution in [0.2, 0.25) is 0 Å². The number of nitrogens with two attached hydrogens (primary N) is 1. The van der Waals surface area contributed by atoms with E-state index in [-0.39, 0.29) is 18.0 Å². The molecule has 1 aromatic heterocycles. The van der Waals surface area contributed by atoms with Crippen molar-refractivity contribution in [2.45, 2.75) is 38.3 Å². The number of rotatable bonds is 3. The zero-order valence-corrected chi connectivity index (χ0v) is 10.4. The number of thiophene rings is 1. The molecule has 2 heterocycles. The summed E-state index contributed by atoms with van der Waals surface area (Å²) in [7, 11) is 0. The van der Waals surface area contributed by atoms with E-state index in [0.29, 0.717) is 6.42 Å². The molecule has 0 spiro atoms. The van der Waals surface area contributed by atoms with Crippen LogP contribution in [-0.2, 0) is 4.79 Å². The normalized spacial score (nSPS) is 26.1. The number of carbonyl (C=O) groups excluding carboxylic acids is 1. The van der Waals surface area contributed by atoms with Gasteiger partial charge in [-0.25, -0.2) is 0 Å². The van der Waals surface area contributed by atoms with E-state index in [9.17, 15) is 4.79 Å². The number of likely N-dealkylation sites (tertiary alicyclic amines) is 1. The molecule has 0 aromatic carbocycles. The summed E-state index contributed by atoms with van der Waals surface area (Å²) >= 11 is 1.66. The van der Waals surface area contributed by atoms with Crippen LogP contribution in [0.5, 0.6) is 0 Å². The highest BCUT2D eigenvalue weighted by molar-refractivity contribution is 7.07. The number of nitrogens with zero attached hydrogens (tertiary/aromatic N) is 1. The summed E-state index contributed by atoms with van der Waals surface area (Å²) in [5, 5.41) is 4.15. The van der Waals surface area contributed by atoms with E-state index < -0.39 is 0 Å². The molecule has 4 heteroatoms. The molecule has 1 fully saturated rings. The average Bonchev–Trinajstić information content (AvgIpc) is 2.77. The Morgan fingerprint density at radius 2 is 2.44 bits per heavy atom. The molecule has 0 aliphatic carbocycles. The minimum Gasteiger partial charge on any atom is -0.334 e. The van der Waals surface area contributed by atoms with Crippen LogP contribution in [0.3, 0.4) is 0 Å². The van der Waals surface area contributed by atoms with E-state index in [4.69, 9.17) is 5.73 Å². The lowest BCUT2D eigenvalue weighted by atomic mass is 9.92. The zero-order valence-electron chi connectivity index (χ0n) is 9.56. The molecule has 0 radical (unpaired) electrons. The Balaban J connectivity index is 2.25. The van der Waals surface area contributed by atoms with E-state index in [2.05, 4.69) is 18.4 Å². The van der Waals surface area contributed by atoms with Gasteiger partial charge >= 0.3 is 0 Å². The Morgan fingerprint density at radius 3 is 3.06 bits per heavy atom. The summed E-state index contributed by atoms with van der Waals surface area (Å²) in [6.07, 6.45) is 2.39. The van der Waals surface area contributed by atoms with Gasteiger partial charge in [-0.15, -0.1) is 0 Å². The molecule has 0 saturated carbocycles. The maximum atomic E-state index is 11.9. The molecule has 2 rings (SSSR count). The first-order valence-corrected chi connectivity index (χ1v) is 6.75. The Bertz CT molecular complexity index is 350. The number of piperidine rings is 1. The van der Waals surface area contributed by atoms with Gasteiger partial charge in [0.1, 0.15) is 0 Å². The van der Waals surface area contributed by atoms with Crippen molar-refractivity contribution in [1.82, 2.24) is 4.90 Å². The number of amides is 1. The third kappa shape index (κ3) is 2.13. The van der Waals surface area contributed by atoms with Gasteiger partial charge in [0.25, 0.3) is 0 Å². The predicted molar refractivity (Wildman–Crippen MR) is 66.3 cm³/mol. The quantitative estimate of drug-likeness (QED) is 0.877. The van der Waals surface area contributed by atoms with E-state index in [0.717, 1.165) is 19.4 Å². The summed E-state index contributed by atoms with van der Waals surface area (Å²) in [6, 6.07) is 2.25. The molecule has 3 nitrogen and oxygen atoms in total. The van der Waals surface area contributed by atoms with Gasteiger partial charge in [0.15, 0.2) is 0 Å². The summed E-state index contributed by atoms with van der Waals surface area (Å²) in [5.41, 5.74) is 7.36. The largest absolute Gasteiger partial charge is 0.334 e. The van der Waals surface area contributed by atoms with Crippen molar-refractivity contribution in [3.63, 3.8) is 0 Å². The molecule has 1 saturated heterocycles. The second-order valence-electron chi connectivity index (χ2n) is 4.29. The molecule has 16 heavy (non-hydrogen) atoms. The molecule has 1 aromatic rings. The van der Waals surface area contributed by atoms with Crippen molar-refractivity contribution in [3.05, 3.63) is 22.4 Å². The smallest absolute Gasteiger partial charge is 0.223 e. The van der Waals surface area contributed by atoms with Crippen LogP contribution in [0, 0.1) is 0 Å². The monoisotopic (exact) mass is 238 g/mol. The number of hydrogen-bond acceptors (Lipinski definition) is 3. The minimum absolute atomic E-state index is 0.0823. The van der Waals surface area contributed by atoms with Crippen LogP contribution in [0.15, 0.2) is 16.8 Å². The Hall–Kier alpha value is -0.870. The SMILES string of the molecule is CCCN1C(=O)CCC(N)C1c1ccsc1. The van der Waals surface area contributed by atoms with Gasteiger partial charge in [0.05, 0.1) is 6.04 Å². The average molecular weight is 238 g/mol. The summed E-state index contributed by atoms with van der Waals surface area (Å²) < 4.78 is 0. The minimum atomic E-state index is 0.0823. The van der Waals surface area contributed by atoms with Crippen LogP contribution in [0.25, 0.3) is 0 Å². The highest BCUT2D eigenvalue weighted by Crippen LogP contribution is 2.32. The van der Waals surface area contributed by atoms with Crippen molar-refractivity contribution < 1.29 is 4.79 Å². The molecule has 2 unspecified atom stereocenters. The molecular formula is C12H18N2OS. The summed E-state index contributed by atoms with van der Waals surface area (Å²) in [5.74, 6) is 0.250. The fourth-order valence-corrected chi connectivity index (χ4v) is 3.04. The van der Waals surface area contributed by atoms with Crippen molar-refractivity contribution >= 4 is 17.2 Å². The topological polar surface area (TPSA) is 46.3 Å². The van der Waals surface area contributed by atoms with Crippen molar-refractivity contribution in [2.24, 2.45) is 5.73 Å². The van der Waals surface area contributed by atoms with Crippen LogP contribution in [0.4, 0.5) is 0 Å². The lowest BCUT2D eigenvalue weighted by Gasteiger charge is -2.39. The number of hydrogen-bond donors (Lipinski definition) is 1. The van der Waals surface area contributed by atoms with E-state index in [1.54, 1.807) is 11.3 Å². The van der Waals surface area contributed by atoms with E-state index in [1.165, 1.54) is 5.56 Å². The molecule has 0 bridgehead atoms. The maximum absolute atomic E-state index is 11.9. The van der Waals surface area contributed by atoms with Crippen molar-refractivity contribution in [3.8, 4) is 0 Å². The second-order valence-corrected chi connectivity index (χ2v) is 5.07. The highest BCUT2D eigenvalue weighted by atomic mass is 32.1. The summed E-state index contributed by atoms with van der Waals surface area (Å²) in [6.45, 7) is 2.91. The van der Waals surface area contributed by atoms with Gasteiger partial charge in [-0.1, -0.05) is 6.92 Å². The van der Waals surface area contributed by atoms with E-state index >= 15 is 0 Å². The first-order chi connectivity index (χ1) is 7.74. The van der Waals surface area contributed by atoms with Gasteiger partial charge in [0, 0.05) is 19.0 Å². The summed E-state index contributed by atoms with van der Waals surface area (Å²) in [4.78, 5) is 13.9. The lowest BCUT2D eigenvalue weighted by molar-refractivity contribution is -0.137. The first-order valence-electron chi connectivity index (χ1n) is 5.81. The Labute approximate surface area is 100 Å². The Kier molecular flexibility index (Phi) is 3.61. The second kappa shape index (κ2) is 4.97. The van der Waals surface area contributed by atoms with Crippen LogP contribution < -0.4 is 5.73 Å². The molecule has 2 N–H and O–H groups in total. The zero-order chi connectivity index (χ0) is 11.5. The van der Waals surface area contributed by atoms with Crippen LogP contribution >= 0.6 is 11.3 Å². The van der Waals surface area contributed by atoms with E-state index in [1.807, 2.05) is 10.3 Å². The first kappa shape index (κ1) is 11.6. The molecule has 2 atom stereocenters. The van der Waals surface area contributed by atoms with Gasteiger partial charge in [-0.3, -0.25) is 4.79 Å². The van der Waals surface area contributed by atoms with Crippen LogP contribution in [0.1, 0.15) is 37.8 Å². The van der Waals surface area contributed by atoms with Gasteiger partial charge < -0.3 is 10.6 Å². The van der Waals surface area contributed by atoms with Crippen LogP contribution in [-0.4, -0.2) is 23.4 Å². The predicted octanol–water partition coefficient (Wildman–Crippen LogP) is 2.15. The number of carbonyl (C=O) groups is 1. The standard InChI is InChI=1S/C12H18N2OS/c1-2-6-14-11(15)4-3-10(13)12(14)9-5-7-16-8-9/h5,7-8,10,12H,2-4,6,13H2,1H3. The molecule has 1 aliphatic rings. The van der Waals surface area contributed by atoms with Gasteiger partial charge in [0.2, 0.25) is 5.91 Å². The fourth-order valence-electron chi connectivity index (χ4n) is 2.35. The van der Waals surface area contributed by atoms with Crippen molar-refractivity contribution in [1.29, 1.82) is 0 Å². The molecule has 88 valence electrons. The lowest BCUT2D eigenvalue weighted by Crippen LogP contribution is -2.48. The third-order valence-corrected chi connectivity index (χ3v) is 3.80. The van der Waals surface area contributed by atoms with Gasteiger partial charge in [-0.05, 0) is 35.2 Å². The fraction of sp³-hybridized carbons (Fsp3) is 0.583. The molecule has 1 aliphatic heterocycles. The highest BCUT2D eigenvalue weighted by Gasteiger charge is 2.34. The molecular weight excluding hydrogens is 220 g/mol. The third-order valence-electron chi connectivity index (χ3n) is 3.10. The van der Waals surface area contributed by atoms with Gasteiger partial charge in [-0.2, -0.15) is 11.3 Å². The Morgan fingerprint density at radius 1 is 1.62 bits per heavy atom.